The standard InChI is InChI=1S/C15H13Cl2F2N/c1-20-13(14-10(16)5-3-6-11(14)18)8-9-4-2-7-12(19)15(9)17/h2-7,13,20H,8H2,1H3. The van der Waals surface area contributed by atoms with Crippen LogP contribution >= 0.6 is 23.2 Å². The molecule has 0 amide bonds. The van der Waals surface area contributed by atoms with Crippen molar-refractivity contribution in [3.05, 3.63) is 69.2 Å². The van der Waals surface area contributed by atoms with E-state index in [1.807, 2.05) is 0 Å². The first-order chi connectivity index (χ1) is 9.54. The Labute approximate surface area is 126 Å². The molecular weight excluding hydrogens is 303 g/mol. The van der Waals surface area contributed by atoms with Gasteiger partial charge in [-0.25, -0.2) is 8.78 Å². The van der Waals surface area contributed by atoms with Crippen molar-refractivity contribution in [2.45, 2.75) is 12.5 Å². The van der Waals surface area contributed by atoms with Crippen molar-refractivity contribution in [1.29, 1.82) is 0 Å². The van der Waals surface area contributed by atoms with E-state index in [4.69, 9.17) is 23.2 Å². The number of hydrogen-bond acceptors (Lipinski definition) is 1. The Hall–Kier alpha value is -1.16. The Morgan fingerprint density at radius 2 is 1.70 bits per heavy atom. The second-order valence-corrected chi connectivity index (χ2v) is 5.18. The summed E-state index contributed by atoms with van der Waals surface area (Å²) in [5.41, 5.74) is 0.960. The molecule has 2 rings (SSSR count). The average molecular weight is 316 g/mol. The maximum absolute atomic E-state index is 13.9. The summed E-state index contributed by atoms with van der Waals surface area (Å²) in [6.45, 7) is 0. The lowest BCUT2D eigenvalue weighted by Gasteiger charge is -2.19. The van der Waals surface area contributed by atoms with Crippen molar-refractivity contribution in [2.75, 3.05) is 7.05 Å². The SMILES string of the molecule is CNC(Cc1cccc(F)c1Cl)c1c(F)cccc1Cl. The monoisotopic (exact) mass is 315 g/mol. The molecule has 1 nitrogen and oxygen atoms in total. The minimum absolute atomic E-state index is 0.0558. The van der Waals surface area contributed by atoms with Crippen LogP contribution in [0, 0.1) is 11.6 Å². The van der Waals surface area contributed by atoms with Crippen LogP contribution in [-0.2, 0) is 6.42 Å². The molecule has 2 aromatic carbocycles. The Bertz CT molecular complexity index is 597. The van der Waals surface area contributed by atoms with Gasteiger partial charge >= 0.3 is 0 Å². The second kappa shape index (κ2) is 6.53. The Morgan fingerprint density at radius 1 is 1.05 bits per heavy atom. The lowest BCUT2D eigenvalue weighted by molar-refractivity contribution is 0.532. The van der Waals surface area contributed by atoms with Crippen LogP contribution in [0.4, 0.5) is 8.78 Å². The van der Waals surface area contributed by atoms with Gasteiger partial charge in [0.05, 0.1) is 5.02 Å². The van der Waals surface area contributed by atoms with Crippen molar-refractivity contribution >= 4 is 23.2 Å². The van der Waals surface area contributed by atoms with Gasteiger partial charge in [-0.3, -0.25) is 0 Å². The number of nitrogens with one attached hydrogen (secondary N) is 1. The van der Waals surface area contributed by atoms with Gasteiger partial charge in [-0.1, -0.05) is 41.4 Å². The number of halogens is 4. The second-order valence-electron chi connectivity index (χ2n) is 4.39. The molecule has 0 radical (unpaired) electrons. The van der Waals surface area contributed by atoms with Gasteiger partial charge in [-0.2, -0.15) is 0 Å². The fraction of sp³-hybridized carbons (Fsp3) is 0.200. The third-order valence-corrected chi connectivity index (χ3v) is 3.91. The van der Waals surface area contributed by atoms with Crippen LogP contribution in [0.5, 0.6) is 0 Å². The summed E-state index contributed by atoms with van der Waals surface area (Å²) >= 11 is 12.0. The topological polar surface area (TPSA) is 12.0 Å². The highest BCUT2D eigenvalue weighted by Gasteiger charge is 2.19. The molecule has 0 spiro atoms. The van der Waals surface area contributed by atoms with Crippen LogP contribution in [0.2, 0.25) is 10.0 Å². The van der Waals surface area contributed by atoms with Gasteiger partial charge < -0.3 is 5.32 Å². The summed E-state index contributed by atoms with van der Waals surface area (Å²) in [7, 11) is 1.70. The predicted molar refractivity (Wildman–Crippen MR) is 78.3 cm³/mol. The summed E-state index contributed by atoms with van der Waals surface area (Å²) in [4.78, 5) is 0. The molecule has 1 atom stereocenters. The summed E-state index contributed by atoms with van der Waals surface area (Å²) in [5, 5.41) is 3.38. The Morgan fingerprint density at radius 3 is 2.35 bits per heavy atom. The van der Waals surface area contributed by atoms with Gasteiger partial charge in [-0.15, -0.1) is 0 Å². The van der Waals surface area contributed by atoms with E-state index in [1.54, 1.807) is 31.3 Å². The molecule has 20 heavy (non-hydrogen) atoms. The molecule has 106 valence electrons. The van der Waals surface area contributed by atoms with Gasteiger partial charge in [0.15, 0.2) is 0 Å². The minimum Gasteiger partial charge on any atom is -0.313 e. The van der Waals surface area contributed by atoms with Gasteiger partial charge in [-0.05, 0) is 37.2 Å². The fourth-order valence-electron chi connectivity index (χ4n) is 2.12. The van der Waals surface area contributed by atoms with Crippen molar-refractivity contribution in [3.63, 3.8) is 0 Å². The molecule has 0 saturated carbocycles. The smallest absolute Gasteiger partial charge is 0.142 e. The van der Waals surface area contributed by atoms with Gasteiger partial charge in [0.2, 0.25) is 0 Å². The molecule has 0 aliphatic rings. The van der Waals surface area contributed by atoms with Crippen LogP contribution in [0.3, 0.4) is 0 Å². The van der Waals surface area contributed by atoms with Crippen LogP contribution in [0.1, 0.15) is 17.2 Å². The molecule has 0 aromatic heterocycles. The molecule has 2 aromatic rings. The average Bonchev–Trinajstić information content (AvgIpc) is 2.42. The first kappa shape index (κ1) is 15.2. The number of likely N-dealkylation sites (N-methyl/N-ethyl adjacent to an activating group) is 1. The van der Waals surface area contributed by atoms with Crippen LogP contribution < -0.4 is 5.32 Å². The first-order valence-corrected chi connectivity index (χ1v) is 6.84. The third kappa shape index (κ3) is 3.11. The van der Waals surface area contributed by atoms with Crippen molar-refractivity contribution < 1.29 is 8.78 Å². The summed E-state index contributed by atoms with van der Waals surface area (Å²) in [5.74, 6) is -0.886. The first-order valence-electron chi connectivity index (χ1n) is 6.08. The lowest BCUT2D eigenvalue weighted by Crippen LogP contribution is -2.20. The van der Waals surface area contributed by atoms with E-state index in [1.165, 1.54) is 12.1 Å². The summed E-state index contributed by atoms with van der Waals surface area (Å²) < 4.78 is 27.4. The molecule has 0 bridgehead atoms. The van der Waals surface area contributed by atoms with Crippen LogP contribution in [0.25, 0.3) is 0 Å². The summed E-state index contributed by atoms with van der Waals surface area (Å²) in [6.07, 6.45) is 0.341. The third-order valence-electron chi connectivity index (χ3n) is 3.15. The van der Waals surface area contributed by atoms with Gasteiger partial charge in [0, 0.05) is 16.6 Å². The zero-order valence-corrected chi connectivity index (χ0v) is 12.3. The van der Waals surface area contributed by atoms with Gasteiger partial charge in [0.1, 0.15) is 11.6 Å². The molecule has 0 aliphatic carbocycles. The fourth-order valence-corrected chi connectivity index (χ4v) is 2.62. The highest BCUT2D eigenvalue weighted by Crippen LogP contribution is 2.30. The maximum atomic E-state index is 13.9. The molecule has 1 N–H and O–H groups in total. The van der Waals surface area contributed by atoms with Crippen LogP contribution in [-0.4, -0.2) is 7.05 Å². The predicted octanol–water partition coefficient (Wildman–Crippen LogP) is 4.77. The van der Waals surface area contributed by atoms with Gasteiger partial charge in [0.25, 0.3) is 0 Å². The number of hydrogen-bond donors (Lipinski definition) is 1. The van der Waals surface area contributed by atoms with Crippen molar-refractivity contribution in [1.82, 2.24) is 5.32 Å². The number of rotatable bonds is 4. The zero-order chi connectivity index (χ0) is 14.7. The highest BCUT2D eigenvalue weighted by molar-refractivity contribution is 6.32. The normalized spacial score (nSPS) is 12.4. The van der Waals surface area contributed by atoms with E-state index in [9.17, 15) is 8.78 Å². The molecular formula is C15H13Cl2F2N. The van der Waals surface area contributed by atoms with E-state index in [0.29, 0.717) is 22.6 Å². The van der Waals surface area contributed by atoms with E-state index < -0.39 is 11.6 Å². The van der Waals surface area contributed by atoms with Crippen molar-refractivity contribution in [3.8, 4) is 0 Å². The van der Waals surface area contributed by atoms with E-state index in [2.05, 4.69) is 5.32 Å². The van der Waals surface area contributed by atoms with Crippen molar-refractivity contribution in [2.24, 2.45) is 0 Å². The maximum Gasteiger partial charge on any atom is 0.142 e. The minimum atomic E-state index is -0.487. The molecule has 0 saturated heterocycles. The van der Waals surface area contributed by atoms with Crippen LogP contribution in [0.15, 0.2) is 36.4 Å². The molecule has 1 unspecified atom stereocenters. The largest absolute Gasteiger partial charge is 0.313 e. The highest BCUT2D eigenvalue weighted by atomic mass is 35.5. The number of benzene rings is 2. The van der Waals surface area contributed by atoms with E-state index in [0.717, 1.165) is 0 Å². The van der Waals surface area contributed by atoms with E-state index in [-0.39, 0.29) is 11.1 Å². The molecule has 5 heteroatoms. The zero-order valence-electron chi connectivity index (χ0n) is 10.8. The lowest BCUT2D eigenvalue weighted by atomic mass is 9.98. The quantitative estimate of drug-likeness (QED) is 0.856. The molecule has 0 heterocycles. The molecule has 0 fully saturated rings. The Balaban J connectivity index is 2.37. The Kier molecular flexibility index (Phi) is 4.97. The van der Waals surface area contributed by atoms with E-state index >= 15 is 0 Å². The summed E-state index contributed by atoms with van der Waals surface area (Å²) in [6, 6.07) is 8.70. The molecule has 0 aliphatic heterocycles.